The summed E-state index contributed by atoms with van der Waals surface area (Å²) in [6.07, 6.45) is 7.80. The highest BCUT2D eigenvalue weighted by Crippen LogP contribution is 2.43. The van der Waals surface area contributed by atoms with Crippen LogP contribution in [-0.4, -0.2) is 22.6 Å². The van der Waals surface area contributed by atoms with Crippen LogP contribution in [0.15, 0.2) is 70.6 Å². The number of phenolic OH excluding ortho intramolecular Hbond substituents is 2. The third kappa shape index (κ3) is 5.83. The van der Waals surface area contributed by atoms with Crippen molar-refractivity contribution in [3.8, 4) is 11.5 Å². The second-order valence-corrected chi connectivity index (χ2v) is 13.3. The van der Waals surface area contributed by atoms with Crippen molar-refractivity contribution in [2.24, 2.45) is 9.98 Å². The third-order valence-electron chi connectivity index (χ3n) is 9.57. The number of nitrogens with zero attached hydrogens (tertiary/aromatic N) is 2. The van der Waals surface area contributed by atoms with Gasteiger partial charge in [-0.2, -0.15) is 0 Å². The molecule has 0 radical (unpaired) electrons. The van der Waals surface area contributed by atoms with E-state index >= 15 is 0 Å². The van der Waals surface area contributed by atoms with Crippen LogP contribution in [0.5, 0.6) is 11.5 Å². The number of rotatable bonds is 7. The molecule has 0 saturated carbocycles. The zero-order chi connectivity index (χ0) is 31.1. The first-order valence-corrected chi connectivity index (χ1v) is 16.0. The molecule has 0 saturated heterocycles. The van der Waals surface area contributed by atoms with Crippen molar-refractivity contribution in [2.45, 2.75) is 91.1 Å². The van der Waals surface area contributed by atoms with Gasteiger partial charge in [-0.15, -0.1) is 0 Å². The lowest BCUT2D eigenvalue weighted by atomic mass is 9.90. The number of phenols is 2. The summed E-state index contributed by atoms with van der Waals surface area (Å²) < 4.78 is 0. The van der Waals surface area contributed by atoms with E-state index in [0.717, 1.165) is 59.1 Å². The topological polar surface area (TPSA) is 65.2 Å². The summed E-state index contributed by atoms with van der Waals surface area (Å²) in [5, 5.41) is 22.6. The maximum absolute atomic E-state index is 11.3. The van der Waals surface area contributed by atoms with Crippen LogP contribution < -0.4 is 0 Å². The molecule has 0 heterocycles. The van der Waals surface area contributed by atoms with Crippen molar-refractivity contribution in [2.75, 3.05) is 0 Å². The summed E-state index contributed by atoms with van der Waals surface area (Å²) in [5.74, 6) is 1.37. The average molecular weight is 585 g/mol. The van der Waals surface area contributed by atoms with E-state index in [1.54, 1.807) is 0 Å². The Morgan fingerprint density at radius 2 is 0.955 bits per heavy atom. The lowest BCUT2D eigenvalue weighted by Crippen LogP contribution is -2.11. The molecule has 0 bridgehead atoms. The highest BCUT2D eigenvalue weighted by Gasteiger charge is 2.28. The normalized spacial score (nSPS) is 19.0. The van der Waals surface area contributed by atoms with Gasteiger partial charge in [0, 0.05) is 34.7 Å². The molecule has 44 heavy (non-hydrogen) atoms. The van der Waals surface area contributed by atoms with E-state index in [4.69, 9.17) is 9.98 Å². The molecular weight excluding hydrogens is 540 g/mol. The van der Waals surface area contributed by atoms with Crippen molar-refractivity contribution in [3.05, 3.63) is 127 Å². The maximum Gasteiger partial charge on any atom is 0.128 e. The number of hydrogen-bond acceptors (Lipinski definition) is 4. The third-order valence-corrected chi connectivity index (χ3v) is 9.57. The van der Waals surface area contributed by atoms with Gasteiger partial charge in [-0.05, 0) is 99.6 Å². The quantitative estimate of drug-likeness (QED) is 0.213. The van der Waals surface area contributed by atoms with Crippen LogP contribution in [0.25, 0.3) is 0 Å². The lowest BCUT2D eigenvalue weighted by molar-refractivity contribution is 0.463. The van der Waals surface area contributed by atoms with Crippen molar-refractivity contribution in [3.63, 3.8) is 0 Å². The Labute approximate surface area is 262 Å². The highest BCUT2D eigenvalue weighted by molar-refractivity contribution is 5.86. The Balaban J connectivity index is 1.50. The van der Waals surface area contributed by atoms with E-state index in [0.29, 0.717) is 23.3 Å². The molecule has 0 amide bonds. The van der Waals surface area contributed by atoms with Crippen LogP contribution in [0.2, 0.25) is 0 Å². The van der Waals surface area contributed by atoms with Gasteiger partial charge in [0.1, 0.15) is 23.6 Å². The minimum Gasteiger partial charge on any atom is -0.507 e. The second kappa shape index (κ2) is 12.1. The number of benzene rings is 4. The molecule has 2 aliphatic carbocycles. The fourth-order valence-corrected chi connectivity index (χ4v) is 7.49. The molecule has 226 valence electrons. The zero-order valence-electron chi connectivity index (χ0n) is 26.9. The van der Waals surface area contributed by atoms with Crippen LogP contribution in [-0.2, 0) is 12.8 Å². The molecule has 2 aliphatic rings. The summed E-state index contributed by atoms with van der Waals surface area (Å²) in [4.78, 5) is 10.5. The van der Waals surface area contributed by atoms with Crippen molar-refractivity contribution in [1.82, 2.24) is 0 Å². The Hall–Kier alpha value is -4.18. The summed E-state index contributed by atoms with van der Waals surface area (Å²) in [6.45, 7) is 12.8. The van der Waals surface area contributed by atoms with Crippen molar-refractivity contribution in [1.29, 1.82) is 0 Å². The standard InChI is InChI=1S/C40H44N2O2/c1-23-15-24(2)18-33(17-23)37(41-21-31-13-11-29-9-7-27(5)35(29)39(31)43)38(34-19-25(3)16-26(4)20-34)42-22-32-14-12-30-10-8-28(6)36(30)40(32)44/h11-22,27-28,37-38,43-44H,7-10H2,1-6H3/t27-,28-,37+,38+/m1/s1. The number of hydrogen-bond donors (Lipinski definition) is 2. The smallest absolute Gasteiger partial charge is 0.128 e. The van der Waals surface area contributed by atoms with E-state index in [1.165, 1.54) is 33.4 Å². The molecular formula is C40H44N2O2. The van der Waals surface area contributed by atoms with Crippen LogP contribution >= 0.6 is 0 Å². The van der Waals surface area contributed by atoms with E-state index in [1.807, 2.05) is 24.6 Å². The zero-order valence-corrected chi connectivity index (χ0v) is 26.9. The van der Waals surface area contributed by atoms with Crippen LogP contribution in [0, 0.1) is 27.7 Å². The second-order valence-electron chi connectivity index (χ2n) is 13.3. The number of aliphatic imine (C=N–C) groups is 2. The first-order chi connectivity index (χ1) is 21.1. The first-order valence-electron chi connectivity index (χ1n) is 16.0. The van der Waals surface area contributed by atoms with Crippen LogP contribution in [0.3, 0.4) is 0 Å². The average Bonchev–Trinajstić information content (AvgIpc) is 3.54. The van der Waals surface area contributed by atoms with Gasteiger partial charge in [0.15, 0.2) is 0 Å². The van der Waals surface area contributed by atoms with Gasteiger partial charge in [-0.25, -0.2) is 0 Å². The molecule has 4 heteroatoms. The Morgan fingerprint density at radius 3 is 1.32 bits per heavy atom. The Kier molecular flexibility index (Phi) is 8.20. The molecule has 0 fully saturated rings. The van der Waals surface area contributed by atoms with Crippen LogP contribution in [0.1, 0.15) is 117 Å². The van der Waals surface area contributed by atoms with E-state index in [2.05, 4.69) is 90.1 Å². The number of fused-ring (bicyclic) bond motifs is 2. The van der Waals surface area contributed by atoms with Gasteiger partial charge in [0.2, 0.25) is 0 Å². The molecule has 4 atom stereocenters. The molecule has 6 rings (SSSR count). The lowest BCUT2D eigenvalue weighted by Gasteiger charge is -2.24. The minimum atomic E-state index is -0.355. The largest absolute Gasteiger partial charge is 0.507 e. The molecule has 0 unspecified atom stereocenters. The fraction of sp³-hybridized carbons (Fsp3) is 0.350. The predicted octanol–water partition coefficient (Wildman–Crippen LogP) is 9.45. The van der Waals surface area contributed by atoms with Crippen LogP contribution in [0.4, 0.5) is 0 Å². The predicted molar refractivity (Wildman–Crippen MR) is 182 cm³/mol. The first kappa shape index (κ1) is 29.9. The molecule has 0 aliphatic heterocycles. The number of aromatic hydroxyl groups is 2. The summed E-state index contributed by atoms with van der Waals surface area (Å²) in [7, 11) is 0. The van der Waals surface area contributed by atoms with Crippen molar-refractivity contribution >= 4 is 12.4 Å². The monoisotopic (exact) mass is 584 g/mol. The van der Waals surface area contributed by atoms with Gasteiger partial charge >= 0.3 is 0 Å². The van der Waals surface area contributed by atoms with E-state index < -0.39 is 0 Å². The van der Waals surface area contributed by atoms with Gasteiger partial charge in [-0.3, -0.25) is 9.98 Å². The minimum absolute atomic E-state index is 0.337. The summed E-state index contributed by atoms with van der Waals surface area (Å²) >= 11 is 0. The molecule has 0 aromatic heterocycles. The van der Waals surface area contributed by atoms with Gasteiger partial charge in [0.05, 0.1) is 0 Å². The maximum atomic E-state index is 11.3. The Morgan fingerprint density at radius 1 is 0.591 bits per heavy atom. The van der Waals surface area contributed by atoms with Gasteiger partial charge in [0.25, 0.3) is 0 Å². The van der Waals surface area contributed by atoms with Gasteiger partial charge in [-0.1, -0.05) is 84.6 Å². The molecule has 0 spiro atoms. The molecule has 4 nitrogen and oxygen atoms in total. The fourth-order valence-electron chi connectivity index (χ4n) is 7.49. The summed E-state index contributed by atoms with van der Waals surface area (Å²) in [6, 6.07) is 20.7. The SMILES string of the molecule is Cc1cc(C)cc([C@H](N=Cc2ccc3c(c2O)[C@H](C)CC3)[C@@H](N=Cc2ccc3c(c2O)[C@H](C)CC3)c2cc(C)cc(C)c2)c1. The molecule has 4 aromatic carbocycles. The summed E-state index contributed by atoms with van der Waals surface area (Å²) in [5.41, 5.74) is 12.9. The highest BCUT2D eigenvalue weighted by atomic mass is 16.3. The van der Waals surface area contributed by atoms with E-state index in [9.17, 15) is 10.2 Å². The molecule has 2 N–H and O–H groups in total. The van der Waals surface area contributed by atoms with E-state index in [-0.39, 0.29) is 12.1 Å². The molecule has 4 aromatic rings. The van der Waals surface area contributed by atoms with Crippen molar-refractivity contribution < 1.29 is 10.2 Å². The number of aryl methyl sites for hydroxylation is 6. The van der Waals surface area contributed by atoms with Gasteiger partial charge < -0.3 is 10.2 Å². The Bertz CT molecular complexity index is 1610.